The number of hydrogen-bond acceptors (Lipinski definition) is 3. The number of carbonyl (C=O) groups is 1. The van der Waals surface area contributed by atoms with Gasteiger partial charge in [0.25, 0.3) is 0 Å². The van der Waals surface area contributed by atoms with Crippen LogP contribution in [0.1, 0.15) is 25.3 Å². The Bertz CT molecular complexity index is 560. The molecule has 2 N–H and O–H groups in total. The van der Waals surface area contributed by atoms with Crippen LogP contribution in [0.2, 0.25) is 0 Å². The zero-order valence-electron chi connectivity index (χ0n) is 15.1. The van der Waals surface area contributed by atoms with Crippen LogP contribution in [0.3, 0.4) is 0 Å². The van der Waals surface area contributed by atoms with E-state index in [2.05, 4.69) is 21.7 Å². The molecule has 0 radical (unpaired) electrons. The number of likely N-dealkylation sites (tertiary alicyclic amines) is 1. The summed E-state index contributed by atoms with van der Waals surface area (Å²) in [5, 5.41) is 6.46. The maximum Gasteiger partial charge on any atom is 0.244 e. The molecule has 1 aromatic rings. The van der Waals surface area contributed by atoms with E-state index in [-0.39, 0.29) is 36.4 Å². The summed E-state index contributed by atoms with van der Waals surface area (Å²) >= 11 is 0. The van der Waals surface area contributed by atoms with Gasteiger partial charge in [-0.1, -0.05) is 12.1 Å². The Hall–Kier alpha value is -1.51. The van der Waals surface area contributed by atoms with Crippen LogP contribution in [0.15, 0.2) is 29.3 Å². The van der Waals surface area contributed by atoms with Crippen molar-refractivity contribution in [2.24, 2.45) is 4.99 Å². The summed E-state index contributed by atoms with van der Waals surface area (Å²) in [4.78, 5) is 18.4. The number of benzene rings is 1. The molecular weight excluding hydrogens is 431 g/mol. The molecule has 25 heavy (non-hydrogen) atoms. The SMILES string of the molecule is CCNC(=NCC(=O)N1CCCC1)NCCc1cccc(OC)c1.I. The van der Waals surface area contributed by atoms with Crippen molar-refractivity contribution in [2.75, 3.05) is 39.8 Å². The van der Waals surface area contributed by atoms with E-state index < -0.39 is 0 Å². The second-order valence-corrected chi connectivity index (χ2v) is 5.81. The molecule has 6 nitrogen and oxygen atoms in total. The fraction of sp³-hybridized carbons (Fsp3) is 0.556. The van der Waals surface area contributed by atoms with Crippen LogP contribution in [0, 0.1) is 0 Å². The van der Waals surface area contributed by atoms with E-state index in [1.165, 1.54) is 5.56 Å². The van der Waals surface area contributed by atoms with Gasteiger partial charge in [0, 0.05) is 26.2 Å². The van der Waals surface area contributed by atoms with Crippen LogP contribution >= 0.6 is 24.0 Å². The Kier molecular flexibility index (Phi) is 10.3. The van der Waals surface area contributed by atoms with Crippen LogP contribution in [0.5, 0.6) is 5.75 Å². The minimum Gasteiger partial charge on any atom is -0.497 e. The quantitative estimate of drug-likeness (QED) is 0.372. The second-order valence-electron chi connectivity index (χ2n) is 5.81. The minimum absolute atomic E-state index is 0. The largest absolute Gasteiger partial charge is 0.497 e. The normalized spacial score (nSPS) is 14.0. The first-order chi connectivity index (χ1) is 11.7. The van der Waals surface area contributed by atoms with Gasteiger partial charge in [-0.25, -0.2) is 4.99 Å². The summed E-state index contributed by atoms with van der Waals surface area (Å²) in [6.07, 6.45) is 3.07. The number of guanidine groups is 1. The number of rotatable bonds is 7. The highest BCUT2D eigenvalue weighted by Gasteiger charge is 2.17. The lowest BCUT2D eigenvalue weighted by atomic mass is 10.1. The van der Waals surface area contributed by atoms with Crippen LogP contribution in [-0.4, -0.2) is 56.6 Å². The third-order valence-corrected chi connectivity index (χ3v) is 4.02. The molecule has 0 spiro atoms. The van der Waals surface area contributed by atoms with Crippen LogP contribution in [0.25, 0.3) is 0 Å². The highest BCUT2D eigenvalue weighted by atomic mass is 127. The van der Waals surface area contributed by atoms with Gasteiger partial charge in [0.05, 0.1) is 7.11 Å². The lowest BCUT2D eigenvalue weighted by Gasteiger charge is -2.15. The van der Waals surface area contributed by atoms with E-state index in [0.717, 1.165) is 51.2 Å². The van der Waals surface area contributed by atoms with Gasteiger partial charge in [-0.15, -0.1) is 24.0 Å². The summed E-state index contributed by atoms with van der Waals surface area (Å²) in [6.45, 7) is 5.47. The number of methoxy groups -OCH3 is 1. The Balaban J connectivity index is 0.00000312. The van der Waals surface area contributed by atoms with Gasteiger partial charge in [0.1, 0.15) is 12.3 Å². The molecule has 1 aromatic carbocycles. The van der Waals surface area contributed by atoms with Gasteiger partial charge in [-0.05, 0) is 43.9 Å². The Morgan fingerprint density at radius 3 is 2.72 bits per heavy atom. The molecule has 0 atom stereocenters. The van der Waals surface area contributed by atoms with E-state index in [0.29, 0.717) is 5.96 Å². The zero-order valence-corrected chi connectivity index (χ0v) is 17.4. The number of nitrogens with one attached hydrogen (secondary N) is 2. The van der Waals surface area contributed by atoms with Crippen molar-refractivity contribution in [3.8, 4) is 5.75 Å². The van der Waals surface area contributed by atoms with Crippen molar-refractivity contribution >= 4 is 35.8 Å². The molecule has 1 amide bonds. The van der Waals surface area contributed by atoms with Crippen molar-refractivity contribution in [2.45, 2.75) is 26.2 Å². The highest BCUT2D eigenvalue weighted by molar-refractivity contribution is 14.0. The highest BCUT2D eigenvalue weighted by Crippen LogP contribution is 2.12. The molecule has 0 unspecified atom stereocenters. The van der Waals surface area contributed by atoms with Crippen LogP contribution < -0.4 is 15.4 Å². The average Bonchev–Trinajstić information content (AvgIpc) is 3.14. The number of carbonyl (C=O) groups excluding carboxylic acids is 1. The first-order valence-corrected chi connectivity index (χ1v) is 8.66. The lowest BCUT2D eigenvalue weighted by molar-refractivity contribution is -0.128. The third-order valence-electron chi connectivity index (χ3n) is 4.02. The lowest BCUT2D eigenvalue weighted by Crippen LogP contribution is -2.39. The van der Waals surface area contributed by atoms with Gasteiger partial charge >= 0.3 is 0 Å². The van der Waals surface area contributed by atoms with Crippen molar-refractivity contribution in [1.82, 2.24) is 15.5 Å². The van der Waals surface area contributed by atoms with E-state index in [4.69, 9.17) is 4.74 Å². The molecule has 1 heterocycles. The molecule has 2 rings (SSSR count). The number of nitrogens with zero attached hydrogens (tertiary/aromatic N) is 2. The summed E-state index contributed by atoms with van der Waals surface area (Å²) in [6, 6.07) is 8.03. The van der Waals surface area contributed by atoms with Gasteiger partial charge in [0.2, 0.25) is 5.91 Å². The maximum absolute atomic E-state index is 12.1. The van der Waals surface area contributed by atoms with E-state index >= 15 is 0 Å². The molecule has 7 heteroatoms. The van der Waals surface area contributed by atoms with Gasteiger partial charge in [-0.2, -0.15) is 0 Å². The van der Waals surface area contributed by atoms with Crippen molar-refractivity contribution < 1.29 is 9.53 Å². The molecule has 0 bridgehead atoms. The fourth-order valence-corrected chi connectivity index (χ4v) is 2.71. The number of aliphatic imine (C=N–C) groups is 1. The number of hydrogen-bond donors (Lipinski definition) is 2. The van der Waals surface area contributed by atoms with E-state index in [1.54, 1.807) is 7.11 Å². The van der Waals surface area contributed by atoms with Crippen molar-refractivity contribution in [1.29, 1.82) is 0 Å². The Labute approximate surface area is 167 Å². The van der Waals surface area contributed by atoms with E-state index in [1.807, 2.05) is 30.0 Å². The Morgan fingerprint density at radius 2 is 2.04 bits per heavy atom. The minimum atomic E-state index is 0. The monoisotopic (exact) mass is 460 g/mol. The van der Waals surface area contributed by atoms with Crippen LogP contribution in [0.4, 0.5) is 0 Å². The summed E-state index contributed by atoms with van der Waals surface area (Å²) in [5.41, 5.74) is 1.20. The van der Waals surface area contributed by atoms with Crippen molar-refractivity contribution in [3.05, 3.63) is 29.8 Å². The topological polar surface area (TPSA) is 66.0 Å². The molecule has 1 fully saturated rings. The van der Waals surface area contributed by atoms with E-state index in [9.17, 15) is 4.79 Å². The summed E-state index contributed by atoms with van der Waals surface area (Å²) in [7, 11) is 1.67. The number of halogens is 1. The molecule has 1 aliphatic heterocycles. The standard InChI is InChI=1S/C18H28N4O2.HI/c1-3-19-18(21-14-17(23)22-11-4-5-12-22)20-10-9-15-7-6-8-16(13-15)24-2;/h6-8,13H,3-5,9-12,14H2,1-2H3,(H2,19,20,21);1H. The fourth-order valence-electron chi connectivity index (χ4n) is 2.71. The zero-order chi connectivity index (χ0) is 17.2. The predicted octanol–water partition coefficient (Wildman–Crippen LogP) is 2.03. The molecule has 0 aromatic heterocycles. The maximum atomic E-state index is 12.1. The molecule has 140 valence electrons. The first kappa shape index (κ1) is 21.5. The molecule has 0 aliphatic carbocycles. The van der Waals surface area contributed by atoms with Gasteiger partial charge in [-0.3, -0.25) is 4.79 Å². The number of ether oxygens (including phenoxy) is 1. The molecule has 0 saturated carbocycles. The van der Waals surface area contributed by atoms with Gasteiger partial charge in [0.15, 0.2) is 5.96 Å². The summed E-state index contributed by atoms with van der Waals surface area (Å²) in [5.74, 6) is 1.66. The smallest absolute Gasteiger partial charge is 0.244 e. The molecule has 1 saturated heterocycles. The summed E-state index contributed by atoms with van der Waals surface area (Å²) < 4.78 is 5.24. The Morgan fingerprint density at radius 1 is 1.28 bits per heavy atom. The average molecular weight is 460 g/mol. The van der Waals surface area contributed by atoms with Crippen molar-refractivity contribution in [3.63, 3.8) is 0 Å². The van der Waals surface area contributed by atoms with Gasteiger partial charge < -0.3 is 20.3 Å². The third kappa shape index (κ3) is 7.50. The first-order valence-electron chi connectivity index (χ1n) is 8.66. The predicted molar refractivity (Wildman–Crippen MR) is 112 cm³/mol. The van der Waals surface area contributed by atoms with Crippen LogP contribution in [-0.2, 0) is 11.2 Å². The number of amides is 1. The molecular formula is C18H29IN4O2. The second kappa shape index (κ2) is 11.9. The molecule has 1 aliphatic rings.